The third kappa shape index (κ3) is 4.18. The number of ether oxygens (including phenoxy) is 1. The molecule has 11 heteroatoms. The van der Waals surface area contributed by atoms with Crippen LogP contribution < -0.4 is 4.74 Å². The number of benzene rings is 2. The monoisotopic (exact) mass is 416 g/mol. The van der Waals surface area contributed by atoms with Crippen molar-refractivity contribution in [1.29, 1.82) is 0 Å². The summed E-state index contributed by atoms with van der Waals surface area (Å²) in [5, 5.41) is 0. The summed E-state index contributed by atoms with van der Waals surface area (Å²) < 4.78 is 97.7. The number of esters is 1. The van der Waals surface area contributed by atoms with Crippen molar-refractivity contribution in [2.24, 2.45) is 0 Å². The average Bonchev–Trinajstić information content (AvgIpc) is 2.59. The Labute approximate surface area is 157 Å². The van der Waals surface area contributed by atoms with Crippen molar-refractivity contribution in [2.45, 2.75) is 6.18 Å². The van der Waals surface area contributed by atoms with Crippen molar-refractivity contribution < 1.29 is 40.3 Å². The summed E-state index contributed by atoms with van der Waals surface area (Å²) in [6, 6.07) is 3.06. The van der Waals surface area contributed by atoms with Crippen LogP contribution in [0.3, 0.4) is 0 Å². The number of carbonyl (C=O) groups is 1. The standard InChI is InChI=1S/C18H7F7N2O2/c19-10-4-8(16-26-2-1-3-27-16)5-11(20)14(10)17(28)29-9-6-12(21)15(13(22)7-9)18(23,24)25/h1-7H. The van der Waals surface area contributed by atoms with Gasteiger partial charge in [-0.15, -0.1) is 0 Å². The topological polar surface area (TPSA) is 52.1 Å². The van der Waals surface area contributed by atoms with Crippen LogP contribution in [0.2, 0.25) is 0 Å². The second kappa shape index (κ2) is 7.49. The molecule has 3 rings (SSSR count). The molecule has 4 nitrogen and oxygen atoms in total. The maximum Gasteiger partial charge on any atom is 0.422 e. The van der Waals surface area contributed by atoms with E-state index < -0.39 is 52.3 Å². The van der Waals surface area contributed by atoms with Gasteiger partial charge in [0.1, 0.15) is 40.1 Å². The van der Waals surface area contributed by atoms with E-state index in [2.05, 4.69) is 14.7 Å². The Bertz CT molecular complexity index is 1040. The zero-order valence-electron chi connectivity index (χ0n) is 13.9. The minimum absolute atomic E-state index is 0.0444. The Morgan fingerprint density at radius 2 is 1.34 bits per heavy atom. The van der Waals surface area contributed by atoms with Crippen LogP contribution in [-0.4, -0.2) is 15.9 Å². The summed E-state index contributed by atoms with van der Waals surface area (Å²) >= 11 is 0. The molecule has 3 aromatic rings. The van der Waals surface area contributed by atoms with Gasteiger partial charge < -0.3 is 4.74 Å². The van der Waals surface area contributed by atoms with Crippen molar-refractivity contribution in [3.8, 4) is 17.1 Å². The van der Waals surface area contributed by atoms with Crippen LogP contribution in [0.1, 0.15) is 15.9 Å². The van der Waals surface area contributed by atoms with Gasteiger partial charge in [-0.25, -0.2) is 32.3 Å². The zero-order chi connectivity index (χ0) is 21.3. The maximum absolute atomic E-state index is 14.2. The van der Waals surface area contributed by atoms with E-state index in [9.17, 15) is 35.5 Å². The number of rotatable bonds is 3. The first-order valence-electron chi connectivity index (χ1n) is 7.62. The number of carbonyl (C=O) groups excluding carboxylic acids is 1. The van der Waals surface area contributed by atoms with Gasteiger partial charge in [-0.2, -0.15) is 13.2 Å². The second-order valence-electron chi connectivity index (χ2n) is 5.54. The van der Waals surface area contributed by atoms with Gasteiger partial charge in [0.25, 0.3) is 0 Å². The fourth-order valence-corrected chi connectivity index (χ4v) is 2.38. The van der Waals surface area contributed by atoms with Crippen LogP contribution >= 0.6 is 0 Å². The highest BCUT2D eigenvalue weighted by Crippen LogP contribution is 2.35. The van der Waals surface area contributed by atoms with Crippen LogP contribution in [0.5, 0.6) is 5.75 Å². The lowest BCUT2D eigenvalue weighted by atomic mass is 10.1. The quantitative estimate of drug-likeness (QED) is 0.345. The van der Waals surface area contributed by atoms with Gasteiger partial charge in [-0.05, 0) is 18.2 Å². The van der Waals surface area contributed by atoms with E-state index >= 15 is 0 Å². The lowest BCUT2D eigenvalue weighted by Crippen LogP contribution is -2.15. The normalized spacial score (nSPS) is 11.4. The van der Waals surface area contributed by atoms with E-state index in [0.717, 1.165) is 12.1 Å². The molecule has 2 aromatic carbocycles. The van der Waals surface area contributed by atoms with Crippen molar-refractivity contribution in [3.63, 3.8) is 0 Å². The summed E-state index contributed by atoms with van der Waals surface area (Å²) in [6.07, 6.45) is -2.70. The SMILES string of the molecule is O=C(Oc1cc(F)c(C(F)(F)F)c(F)c1)c1c(F)cc(-c2ncccn2)cc1F. The Morgan fingerprint density at radius 1 is 0.828 bits per heavy atom. The first-order chi connectivity index (χ1) is 13.6. The van der Waals surface area contributed by atoms with Crippen molar-refractivity contribution in [1.82, 2.24) is 9.97 Å². The van der Waals surface area contributed by atoms with Crippen LogP contribution in [0, 0.1) is 23.3 Å². The van der Waals surface area contributed by atoms with Gasteiger partial charge in [0, 0.05) is 30.1 Å². The molecule has 0 N–H and O–H groups in total. The van der Waals surface area contributed by atoms with E-state index in [1.807, 2.05) is 0 Å². The highest BCUT2D eigenvalue weighted by Gasteiger charge is 2.38. The predicted octanol–water partition coefficient (Wildman–Crippen LogP) is 4.94. The molecule has 0 saturated heterocycles. The molecule has 0 amide bonds. The zero-order valence-corrected chi connectivity index (χ0v) is 13.9. The molecule has 0 saturated carbocycles. The summed E-state index contributed by atoms with van der Waals surface area (Å²) in [6.45, 7) is 0. The van der Waals surface area contributed by atoms with Crippen LogP contribution in [0.25, 0.3) is 11.4 Å². The smallest absolute Gasteiger partial charge is 0.422 e. The molecule has 0 bridgehead atoms. The molecule has 0 atom stereocenters. The number of alkyl halides is 3. The molecule has 0 aliphatic heterocycles. The summed E-state index contributed by atoms with van der Waals surface area (Å²) in [5.74, 6) is -9.67. The lowest BCUT2D eigenvalue weighted by molar-refractivity contribution is -0.142. The summed E-state index contributed by atoms with van der Waals surface area (Å²) in [7, 11) is 0. The number of halogens is 7. The molecule has 1 heterocycles. The molecule has 29 heavy (non-hydrogen) atoms. The van der Waals surface area contributed by atoms with Crippen LogP contribution in [0.15, 0.2) is 42.7 Å². The molecule has 0 fully saturated rings. The third-order valence-corrected chi connectivity index (χ3v) is 3.58. The maximum atomic E-state index is 14.2. The van der Waals surface area contributed by atoms with Gasteiger partial charge in [-0.1, -0.05) is 0 Å². The van der Waals surface area contributed by atoms with Crippen molar-refractivity contribution in [3.05, 3.63) is 77.1 Å². The minimum atomic E-state index is -5.33. The lowest BCUT2D eigenvalue weighted by Gasteiger charge is -2.12. The summed E-state index contributed by atoms with van der Waals surface area (Å²) in [4.78, 5) is 19.6. The van der Waals surface area contributed by atoms with Gasteiger partial charge in [0.05, 0.1) is 0 Å². The van der Waals surface area contributed by atoms with E-state index in [4.69, 9.17) is 0 Å². The Balaban J connectivity index is 1.92. The predicted molar refractivity (Wildman–Crippen MR) is 83.7 cm³/mol. The molecular formula is C18H7F7N2O2. The van der Waals surface area contributed by atoms with Gasteiger partial charge in [0.15, 0.2) is 5.82 Å². The third-order valence-electron chi connectivity index (χ3n) is 3.58. The minimum Gasteiger partial charge on any atom is -0.423 e. The summed E-state index contributed by atoms with van der Waals surface area (Å²) in [5.41, 5.74) is -3.52. The van der Waals surface area contributed by atoms with E-state index in [-0.39, 0.29) is 23.5 Å². The highest BCUT2D eigenvalue weighted by atomic mass is 19.4. The van der Waals surface area contributed by atoms with Crippen LogP contribution in [0.4, 0.5) is 30.7 Å². The Kier molecular flexibility index (Phi) is 5.23. The van der Waals surface area contributed by atoms with E-state index in [1.165, 1.54) is 18.5 Å². The largest absolute Gasteiger partial charge is 0.423 e. The Hall–Kier alpha value is -3.50. The highest BCUT2D eigenvalue weighted by molar-refractivity contribution is 5.92. The van der Waals surface area contributed by atoms with Gasteiger partial charge in [-0.3, -0.25) is 0 Å². The molecule has 0 radical (unpaired) electrons. The van der Waals surface area contributed by atoms with Gasteiger partial charge >= 0.3 is 12.1 Å². The average molecular weight is 416 g/mol. The van der Waals surface area contributed by atoms with Crippen molar-refractivity contribution >= 4 is 5.97 Å². The number of aromatic nitrogens is 2. The first-order valence-corrected chi connectivity index (χ1v) is 7.62. The van der Waals surface area contributed by atoms with Crippen LogP contribution in [-0.2, 0) is 6.18 Å². The molecule has 0 unspecified atom stereocenters. The fraction of sp³-hybridized carbons (Fsp3) is 0.0556. The number of hydrogen-bond acceptors (Lipinski definition) is 4. The molecule has 0 aliphatic rings. The molecule has 1 aromatic heterocycles. The van der Waals surface area contributed by atoms with Crippen molar-refractivity contribution in [2.75, 3.05) is 0 Å². The van der Waals surface area contributed by atoms with Gasteiger partial charge in [0.2, 0.25) is 0 Å². The fourth-order valence-electron chi connectivity index (χ4n) is 2.38. The molecule has 150 valence electrons. The van der Waals surface area contributed by atoms with E-state index in [0.29, 0.717) is 0 Å². The number of hydrogen-bond donors (Lipinski definition) is 0. The number of nitrogens with zero attached hydrogens (tertiary/aromatic N) is 2. The second-order valence-corrected chi connectivity index (χ2v) is 5.54. The Morgan fingerprint density at radius 3 is 1.83 bits per heavy atom. The molecule has 0 spiro atoms. The first kappa shape index (κ1) is 20.2. The van der Waals surface area contributed by atoms with E-state index in [1.54, 1.807) is 0 Å². The molecular weight excluding hydrogens is 409 g/mol. The molecule has 0 aliphatic carbocycles.